The van der Waals surface area contributed by atoms with Crippen molar-refractivity contribution in [3.8, 4) is 11.5 Å². The zero-order valence-corrected chi connectivity index (χ0v) is 18.7. The summed E-state index contributed by atoms with van der Waals surface area (Å²) in [6, 6.07) is 10.6. The number of ketones is 2. The lowest BCUT2D eigenvalue weighted by atomic mass is 10.1. The molecule has 4 heterocycles. The molecule has 2 saturated heterocycles. The highest BCUT2D eigenvalue weighted by Crippen LogP contribution is 2.38. The fourth-order valence-corrected chi connectivity index (χ4v) is 4.70. The molecule has 4 aliphatic rings. The third-order valence-corrected chi connectivity index (χ3v) is 6.51. The molecule has 8 heteroatoms. The minimum Gasteiger partial charge on any atom is -0.465 e. The van der Waals surface area contributed by atoms with E-state index in [9.17, 15) is 9.59 Å². The molecule has 2 aromatic rings. The maximum Gasteiger partial charge on any atom is 0.213 e. The van der Waals surface area contributed by atoms with Crippen molar-refractivity contribution in [1.29, 1.82) is 0 Å². The quantitative estimate of drug-likeness (QED) is 0.636. The number of fused-ring (bicyclic) bond motifs is 2. The van der Waals surface area contributed by atoms with Crippen LogP contribution in [0.2, 0.25) is 0 Å². The highest BCUT2D eigenvalue weighted by molar-refractivity contribution is 6.27. The van der Waals surface area contributed by atoms with Crippen LogP contribution in [0.5, 0.6) is 11.5 Å². The summed E-state index contributed by atoms with van der Waals surface area (Å²) < 4.78 is 23.1. The van der Waals surface area contributed by atoms with E-state index in [1.165, 1.54) is 0 Å². The van der Waals surface area contributed by atoms with Crippen LogP contribution < -0.4 is 20.1 Å². The Morgan fingerprint density at radius 1 is 0.676 bits per heavy atom. The number of nitrogens with one attached hydrogen (secondary N) is 2. The second kappa shape index (κ2) is 8.77. The summed E-state index contributed by atoms with van der Waals surface area (Å²) in [5.41, 5.74) is 2.71. The average molecular weight is 463 g/mol. The van der Waals surface area contributed by atoms with Crippen molar-refractivity contribution in [3.05, 3.63) is 58.9 Å². The van der Waals surface area contributed by atoms with Crippen LogP contribution in [0.3, 0.4) is 0 Å². The fourth-order valence-electron chi connectivity index (χ4n) is 4.70. The Morgan fingerprint density at radius 2 is 1.15 bits per heavy atom. The second-order valence-corrected chi connectivity index (χ2v) is 8.90. The first kappa shape index (κ1) is 21.2. The van der Waals surface area contributed by atoms with E-state index in [2.05, 4.69) is 10.6 Å². The average Bonchev–Trinajstić information content (AvgIpc) is 3.36. The van der Waals surface area contributed by atoms with Crippen LogP contribution >= 0.6 is 0 Å². The van der Waals surface area contributed by atoms with Crippen molar-refractivity contribution in [2.24, 2.45) is 0 Å². The first-order chi connectivity index (χ1) is 16.7. The number of ether oxygens (including phenoxy) is 4. The van der Waals surface area contributed by atoms with Crippen LogP contribution in [-0.4, -0.2) is 37.4 Å². The Bertz CT molecular complexity index is 1090. The van der Waals surface area contributed by atoms with Crippen LogP contribution in [0.1, 0.15) is 59.2 Å². The third kappa shape index (κ3) is 3.93. The number of rotatable bonds is 4. The summed E-state index contributed by atoms with van der Waals surface area (Å²) in [7, 11) is 0. The summed E-state index contributed by atoms with van der Waals surface area (Å²) in [5.74, 6) is 0.655. The molecule has 6 rings (SSSR count). The molecule has 2 fully saturated rings. The molecular weight excluding hydrogens is 436 g/mol. The Morgan fingerprint density at radius 3 is 1.56 bits per heavy atom. The Labute approximate surface area is 197 Å². The van der Waals surface area contributed by atoms with Crippen molar-refractivity contribution in [1.82, 2.24) is 0 Å². The molecule has 0 aliphatic carbocycles. The molecule has 2 aromatic carbocycles. The highest BCUT2D eigenvalue weighted by atomic mass is 16.7. The lowest BCUT2D eigenvalue weighted by molar-refractivity contribution is -0.106. The van der Waals surface area contributed by atoms with Crippen LogP contribution in [0, 0.1) is 0 Å². The summed E-state index contributed by atoms with van der Waals surface area (Å²) in [4.78, 5) is 26.4. The van der Waals surface area contributed by atoms with Gasteiger partial charge in [-0.1, -0.05) is 0 Å². The lowest BCUT2D eigenvalue weighted by Crippen LogP contribution is -2.25. The predicted octanol–water partition coefficient (Wildman–Crippen LogP) is 4.63. The van der Waals surface area contributed by atoms with Gasteiger partial charge >= 0.3 is 0 Å². The molecule has 0 radical (unpaired) electrons. The van der Waals surface area contributed by atoms with E-state index in [1.54, 1.807) is 36.4 Å². The van der Waals surface area contributed by atoms with Crippen molar-refractivity contribution in [2.75, 3.05) is 23.8 Å². The van der Waals surface area contributed by atoms with Crippen molar-refractivity contribution < 1.29 is 28.5 Å². The Hall–Kier alpha value is -3.36. The molecule has 2 unspecified atom stereocenters. The molecule has 0 spiro atoms. The minimum atomic E-state index is -0.294. The van der Waals surface area contributed by atoms with E-state index in [0.717, 1.165) is 38.5 Å². The van der Waals surface area contributed by atoms with E-state index in [-0.39, 0.29) is 35.5 Å². The molecule has 0 amide bonds. The molecular formula is C26H26N2O6. The Kier molecular flexibility index (Phi) is 5.47. The first-order valence-electron chi connectivity index (χ1n) is 11.9. The molecule has 176 valence electrons. The number of hydrogen-bond acceptors (Lipinski definition) is 8. The van der Waals surface area contributed by atoms with Gasteiger partial charge in [0.1, 0.15) is 22.9 Å². The summed E-state index contributed by atoms with van der Waals surface area (Å²) in [5, 5.41) is 6.22. The monoisotopic (exact) mass is 462 g/mol. The number of benzene rings is 2. The SMILES string of the molecule is O=C1/C(=C2\Nc3ccc(OC4CCCCO4)cc3C2=O)Nc2ccc(OC3CCCCO3)cc21. The predicted molar refractivity (Wildman–Crippen MR) is 124 cm³/mol. The largest absolute Gasteiger partial charge is 0.465 e. The number of allylic oxidation sites excluding steroid dienone is 2. The molecule has 0 aromatic heterocycles. The Balaban J connectivity index is 1.21. The van der Waals surface area contributed by atoms with Gasteiger partial charge in [-0.05, 0) is 62.1 Å². The lowest BCUT2D eigenvalue weighted by Gasteiger charge is -2.23. The van der Waals surface area contributed by atoms with Crippen LogP contribution in [0.15, 0.2) is 47.8 Å². The molecule has 4 aliphatic heterocycles. The van der Waals surface area contributed by atoms with Gasteiger partial charge in [0, 0.05) is 12.8 Å². The van der Waals surface area contributed by atoms with E-state index in [1.807, 2.05) is 0 Å². The molecule has 0 saturated carbocycles. The van der Waals surface area contributed by atoms with Gasteiger partial charge < -0.3 is 29.6 Å². The zero-order chi connectivity index (χ0) is 23.1. The van der Waals surface area contributed by atoms with Crippen molar-refractivity contribution in [3.63, 3.8) is 0 Å². The number of hydrogen-bond donors (Lipinski definition) is 2. The van der Waals surface area contributed by atoms with Gasteiger partial charge in [-0.2, -0.15) is 0 Å². The van der Waals surface area contributed by atoms with Crippen LogP contribution in [-0.2, 0) is 9.47 Å². The maximum absolute atomic E-state index is 13.2. The number of carbonyl (C=O) groups excluding carboxylic acids is 2. The third-order valence-electron chi connectivity index (χ3n) is 6.51. The molecule has 8 nitrogen and oxygen atoms in total. The van der Waals surface area contributed by atoms with Crippen molar-refractivity contribution >= 4 is 22.9 Å². The van der Waals surface area contributed by atoms with Gasteiger partial charge in [-0.15, -0.1) is 0 Å². The van der Waals surface area contributed by atoms with Gasteiger partial charge in [0.15, 0.2) is 12.6 Å². The van der Waals surface area contributed by atoms with E-state index in [4.69, 9.17) is 18.9 Å². The van der Waals surface area contributed by atoms with E-state index in [0.29, 0.717) is 47.2 Å². The van der Waals surface area contributed by atoms with E-state index >= 15 is 0 Å². The van der Waals surface area contributed by atoms with Gasteiger partial charge in [0.2, 0.25) is 11.6 Å². The number of carbonyl (C=O) groups is 2. The van der Waals surface area contributed by atoms with Crippen molar-refractivity contribution in [2.45, 2.75) is 51.1 Å². The smallest absolute Gasteiger partial charge is 0.213 e. The van der Waals surface area contributed by atoms with Crippen LogP contribution in [0.4, 0.5) is 11.4 Å². The van der Waals surface area contributed by atoms with Gasteiger partial charge in [-0.3, -0.25) is 9.59 Å². The molecule has 0 bridgehead atoms. The second-order valence-electron chi connectivity index (χ2n) is 8.90. The molecule has 2 atom stereocenters. The highest BCUT2D eigenvalue weighted by Gasteiger charge is 2.35. The van der Waals surface area contributed by atoms with Crippen LogP contribution in [0.25, 0.3) is 0 Å². The normalized spacial score (nSPS) is 25.9. The fraction of sp³-hybridized carbons (Fsp3) is 0.385. The summed E-state index contributed by atoms with van der Waals surface area (Å²) >= 11 is 0. The van der Waals surface area contributed by atoms with E-state index < -0.39 is 0 Å². The standard InChI is InChI=1S/C26H26N2O6/c29-25-17-13-15(33-21-5-1-3-11-31-21)7-9-19(17)27-23(25)24-26(30)18-14-16(8-10-20(18)28-24)34-22-6-2-4-12-32-22/h7-10,13-14,21-22,27-28H,1-6,11-12H2/b24-23+. The van der Waals surface area contributed by atoms with Gasteiger partial charge in [0.05, 0.1) is 35.7 Å². The topological polar surface area (TPSA) is 95.1 Å². The first-order valence-corrected chi connectivity index (χ1v) is 11.9. The maximum atomic E-state index is 13.2. The summed E-state index contributed by atoms with van der Waals surface area (Å²) in [6.07, 6.45) is 5.25. The number of anilines is 2. The molecule has 2 N–H and O–H groups in total. The number of Topliss-reactive ketones (excluding diaryl/α,β-unsaturated/α-hetero) is 2. The minimum absolute atomic E-state index is 0.236. The van der Waals surface area contributed by atoms with Gasteiger partial charge in [-0.25, -0.2) is 0 Å². The summed E-state index contributed by atoms with van der Waals surface area (Å²) in [6.45, 7) is 1.36. The molecule has 34 heavy (non-hydrogen) atoms. The van der Waals surface area contributed by atoms with Gasteiger partial charge in [0.25, 0.3) is 0 Å². The zero-order valence-electron chi connectivity index (χ0n) is 18.7.